The van der Waals surface area contributed by atoms with E-state index in [4.69, 9.17) is 21.6 Å². The quantitative estimate of drug-likeness (QED) is 0.320. The standard InChI is InChI=1S/C25H31N7O3S.C12H15ClN4O2S/c1-30-15-16(7-8-20(30)33)26-22-21-19(9-14-36(21)35)27-23(29-22)32-12-10-25(11-13-32)17-5-3-4-6-18(17)28-24(34)31(25)2;1-17-6-7(2-3-9(17)18)14-11-10-8(4-5-20(10)19)15-12(13)16-11/h3-6,16H,7-15H2,1-2H3,(H,28,34)(H,26,27,29);7H,2-6H2,1H3,(H,14,15,16)/t16-,36?;7-,20?/m00/s1. The van der Waals surface area contributed by atoms with Crippen molar-refractivity contribution in [2.75, 3.05) is 79.7 Å². The van der Waals surface area contributed by atoms with E-state index in [-0.39, 0.29) is 40.8 Å². The molecule has 0 saturated carbocycles. The third kappa shape index (κ3) is 7.30. The average molecular weight is 824 g/mol. The van der Waals surface area contributed by atoms with E-state index in [1.54, 1.807) is 16.8 Å². The van der Waals surface area contributed by atoms with Gasteiger partial charge in [-0.1, -0.05) is 18.2 Å². The fourth-order valence-corrected chi connectivity index (χ4v) is 11.4. The number of piperidine rings is 3. The summed E-state index contributed by atoms with van der Waals surface area (Å²) in [5.74, 6) is 3.27. The molecule has 1 spiro atoms. The number of hydrogen-bond donors (Lipinski definition) is 3. The van der Waals surface area contributed by atoms with E-state index in [0.29, 0.717) is 90.7 Å². The van der Waals surface area contributed by atoms with Gasteiger partial charge in [0.25, 0.3) is 0 Å². The Morgan fingerprint density at radius 3 is 1.91 bits per heavy atom. The van der Waals surface area contributed by atoms with E-state index in [1.165, 1.54) is 0 Å². The van der Waals surface area contributed by atoms with Gasteiger partial charge in [0.05, 0.1) is 38.5 Å². The number of urea groups is 1. The zero-order valence-electron chi connectivity index (χ0n) is 31.7. The molecule has 0 bridgehead atoms. The number of nitrogens with one attached hydrogen (secondary N) is 3. The van der Waals surface area contributed by atoms with Crippen LogP contribution in [-0.4, -0.2) is 132 Å². The minimum atomic E-state index is -1.12. The third-order valence-corrected chi connectivity index (χ3v) is 14.8. The second-order valence-electron chi connectivity index (χ2n) is 15.2. The Hall–Kier alpha value is -4.42. The van der Waals surface area contributed by atoms with Gasteiger partial charge in [0.1, 0.15) is 21.4 Å². The van der Waals surface area contributed by atoms with Gasteiger partial charge in [0.2, 0.25) is 23.0 Å². The molecule has 3 saturated heterocycles. The number of rotatable bonds is 5. The molecule has 6 aliphatic rings. The first kappa shape index (κ1) is 38.5. The summed E-state index contributed by atoms with van der Waals surface area (Å²) in [4.78, 5) is 63.0. The Balaban J connectivity index is 0.000000186. The number of carbonyl (C=O) groups excluding carboxylic acids is 3. The Labute approximate surface area is 335 Å². The number of nitrogens with zero attached hydrogens (tertiary/aromatic N) is 8. The summed E-state index contributed by atoms with van der Waals surface area (Å²) in [6, 6.07) is 8.13. The molecule has 4 atom stereocenters. The van der Waals surface area contributed by atoms with Crippen LogP contribution in [0.4, 0.5) is 28.1 Å². The van der Waals surface area contributed by atoms with Gasteiger partial charge in [-0.15, -0.1) is 0 Å². The van der Waals surface area contributed by atoms with Crippen LogP contribution >= 0.6 is 11.6 Å². The van der Waals surface area contributed by atoms with Gasteiger partial charge in [-0.2, -0.15) is 9.97 Å². The monoisotopic (exact) mass is 823 g/mol. The molecular formula is C37H46ClN11O5S2. The average Bonchev–Trinajstić information content (AvgIpc) is 3.75. The number of aromatic nitrogens is 4. The van der Waals surface area contributed by atoms with Crippen molar-refractivity contribution in [3.05, 3.63) is 46.5 Å². The second kappa shape index (κ2) is 15.5. The molecule has 4 amide bonds. The number of likely N-dealkylation sites (N-methyl/N-ethyl adjacent to an activating group) is 2. The van der Waals surface area contributed by atoms with Crippen LogP contribution in [0.2, 0.25) is 5.28 Å². The number of aryl methyl sites for hydroxylation is 2. The summed E-state index contributed by atoms with van der Waals surface area (Å²) < 4.78 is 24.8. The van der Waals surface area contributed by atoms with E-state index >= 15 is 0 Å². The topological polar surface area (TPSA) is 186 Å². The van der Waals surface area contributed by atoms with Gasteiger partial charge in [-0.05, 0) is 43.4 Å². The fraction of sp³-hybridized carbons (Fsp3) is 0.541. The van der Waals surface area contributed by atoms with Crippen molar-refractivity contribution in [1.29, 1.82) is 0 Å². The molecule has 0 radical (unpaired) electrons. The molecule has 3 N–H and O–H groups in total. The molecule has 19 heteroatoms. The Kier molecular flexibility index (Phi) is 10.6. The van der Waals surface area contributed by atoms with Crippen molar-refractivity contribution in [2.45, 2.75) is 78.8 Å². The lowest BCUT2D eigenvalue weighted by atomic mass is 9.77. The van der Waals surface area contributed by atoms with Gasteiger partial charge in [-0.25, -0.2) is 14.8 Å². The van der Waals surface area contributed by atoms with E-state index in [9.17, 15) is 22.8 Å². The van der Waals surface area contributed by atoms with E-state index in [2.05, 4.69) is 36.9 Å². The largest absolute Gasteiger partial charge is 0.364 e. The van der Waals surface area contributed by atoms with Crippen LogP contribution in [0.5, 0.6) is 0 Å². The Morgan fingerprint density at radius 2 is 1.32 bits per heavy atom. The van der Waals surface area contributed by atoms with Crippen molar-refractivity contribution in [3.8, 4) is 0 Å². The summed E-state index contributed by atoms with van der Waals surface area (Å²) in [7, 11) is 3.28. The first-order valence-electron chi connectivity index (χ1n) is 19.0. The highest BCUT2D eigenvalue weighted by atomic mass is 35.5. The highest BCUT2D eigenvalue weighted by Gasteiger charge is 2.47. The molecule has 56 heavy (non-hydrogen) atoms. The highest BCUT2D eigenvalue weighted by Crippen LogP contribution is 2.45. The van der Waals surface area contributed by atoms with Crippen LogP contribution < -0.4 is 20.9 Å². The number of fused-ring (bicyclic) bond motifs is 4. The van der Waals surface area contributed by atoms with Crippen LogP contribution in [0.1, 0.15) is 55.5 Å². The Bertz CT molecular complexity index is 2130. The number of hydrogen-bond acceptors (Lipinski definition) is 12. The highest BCUT2D eigenvalue weighted by molar-refractivity contribution is 7.85. The van der Waals surface area contributed by atoms with Gasteiger partial charge >= 0.3 is 6.03 Å². The van der Waals surface area contributed by atoms with Gasteiger partial charge in [0, 0.05) is 108 Å². The third-order valence-electron chi connectivity index (χ3n) is 11.8. The molecule has 3 fully saturated rings. The number of para-hydroxylation sites is 1. The summed E-state index contributed by atoms with van der Waals surface area (Å²) in [5.41, 5.74) is 3.28. The lowest BCUT2D eigenvalue weighted by Gasteiger charge is -2.50. The summed E-state index contributed by atoms with van der Waals surface area (Å²) >= 11 is 5.92. The first-order valence-corrected chi connectivity index (χ1v) is 22.1. The zero-order valence-corrected chi connectivity index (χ0v) is 34.1. The molecule has 2 aromatic heterocycles. The molecule has 6 aliphatic heterocycles. The maximum atomic E-state index is 12.8. The molecule has 1 aromatic carbocycles. The fourth-order valence-electron chi connectivity index (χ4n) is 8.59. The van der Waals surface area contributed by atoms with Crippen LogP contribution in [0, 0.1) is 0 Å². The number of amides is 4. The Morgan fingerprint density at radius 1 is 0.768 bits per heavy atom. The minimum Gasteiger partial charge on any atom is -0.364 e. The van der Waals surface area contributed by atoms with Gasteiger partial charge < -0.3 is 35.6 Å². The summed E-state index contributed by atoms with van der Waals surface area (Å²) in [5, 5.41) is 9.95. The predicted molar refractivity (Wildman–Crippen MR) is 214 cm³/mol. The molecule has 0 aliphatic carbocycles. The van der Waals surface area contributed by atoms with Crippen molar-refractivity contribution < 1.29 is 22.8 Å². The van der Waals surface area contributed by atoms with Crippen molar-refractivity contribution >= 4 is 74.3 Å². The SMILES string of the molecule is CN1C[C@@H](Nc2nc(Cl)nc3c2S(=O)CC3)CCC1=O.CN1C[C@@H](Nc2nc(N3CCC4(CC3)c3ccccc3NC(=O)N4C)nc3c2S(=O)CC3)CCC1=O. The molecule has 298 valence electrons. The van der Waals surface area contributed by atoms with Crippen LogP contribution in [-0.2, 0) is 49.6 Å². The molecule has 8 heterocycles. The second-order valence-corrected chi connectivity index (χ2v) is 18.6. The van der Waals surface area contributed by atoms with Gasteiger partial charge in [0.15, 0.2) is 0 Å². The van der Waals surface area contributed by atoms with E-state index in [0.717, 1.165) is 48.3 Å². The number of benzene rings is 1. The normalized spacial score (nSPS) is 25.2. The number of likely N-dealkylation sites (tertiary alicyclic amines) is 2. The lowest BCUT2D eigenvalue weighted by molar-refractivity contribution is -0.132. The molecule has 2 unspecified atom stereocenters. The number of anilines is 4. The first-order chi connectivity index (χ1) is 26.9. The molecular weight excluding hydrogens is 778 g/mol. The van der Waals surface area contributed by atoms with Crippen LogP contribution in [0.3, 0.4) is 0 Å². The molecule has 3 aromatic rings. The zero-order chi connectivity index (χ0) is 39.3. The molecule has 16 nitrogen and oxygen atoms in total. The minimum absolute atomic E-state index is 0.0627. The van der Waals surface area contributed by atoms with E-state index in [1.807, 2.05) is 37.2 Å². The number of carbonyl (C=O) groups is 3. The maximum Gasteiger partial charge on any atom is 0.322 e. The maximum absolute atomic E-state index is 12.8. The summed E-state index contributed by atoms with van der Waals surface area (Å²) in [6.45, 7) is 2.61. The summed E-state index contributed by atoms with van der Waals surface area (Å²) in [6.07, 6.45) is 5.34. The van der Waals surface area contributed by atoms with E-state index < -0.39 is 21.6 Å². The lowest BCUT2D eigenvalue weighted by Crippen LogP contribution is -2.57. The number of halogens is 1. The predicted octanol–water partition coefficient (Wildman–Crippen LogP) is 2.97. The van der Waals surface area contributed by atoms with Crippen LogP contribution in [0.15, 0.2) is 34.1 Å². The smallest absolute Gasteiger partial charge is 0.322 e. The van der Waals surface area contributed by atoms with Crippen molar-refractivity contribution in [2.24, 2.45) is 0 Å². The van der Waals surface area contributed by atoms with Gasteiger partial charge in [-0.3, -0.25) is 18.0 Å². The van der Waals surface area contributed by atoms with Crippen molar-refractivity contribution in [3.63, 3.8) is 0 Å². The van der Waals surface area contributed by atoms with Crippen LogP contribution in [0.25, 0.3) is 0 Å². The van der Waals surface area contributed by atoms with Crippen molar-refractivity contribution in [1.82, 2.24) is 34.6 Å². The molecule has 9 rings (SSSR count).